The highest BCUT2D eigenvalue weighted by atomic mass is 16.5. The van der Waals surface area contributed by atoms with Crippen LogP contribution in [-0.4, -0.2) is 29.8 Å². The summed E-state index contributed by atoms with van der Waals surface area (Å²) in [6.45, 7) is 6.36. The summed E-state index contributed by atoms with van der Waals surface area (Å²) in [5, 5.41) is 9.53. The van der Waals surface area contributed by atoms with Gasteiger partial charge in [0.15, 0.2) is 6.10 Å². The fraction of sp³-hybridized carbons (Fsp3) is 0.909. The van der Waals surface area contributed by atoms with Gasteiger partial charge in [-0.05, 0) is 18.8 Å². The molecule has 0 radical (unpaired) electrons. The molecule has 0 aromatic heterocycles. The molecule has 0 aromatic carbocycles. The highest BCUT2D eigenvalue weighted by Crippen LogP contribution is 2.07. The van der Waals surface area contributed by atoms with Crippen molar-refractivity contribution in [3.05, 3.63) is 0 Å². The van der Waals surface area contributed by atoms with Crippen LogP contribution >= 0.6 is 0 Å². The number of aliphatic hydroxyl groups excluding tert-OH is 1. The van der Waals surface area contributed by atoms with Gasteiger partial charge in [-0.3, -0.25) is 0 Å². The Labute approximate surface area is 91.8 Å². The van der Waals surface area contributed by atoms with Gasteiger partial charge in [-0.2, -0.15) is 0 Å². The number of hydrogen-bond donors (Lipinski definition) is 2. The van der Waals surface area contributed by atoms with Crippen LogP contribution in [0.25, 0.3) is 0 Å². The summed E-state index contributed by atoms with van der Waals surface area (Å²) in [6, 6.07) is -0.529. The maximum absolute atomic E-state index is 11.3. The number of ether oxygens (including phenoxy) is 1. The molecule has 0 amide bonds. The van der Waals surface area contributed by atoms with Gasteiger partial charge in [-0.15, -0.1) is 0 Å². The van der Waals surface area contributed by atoms with E-state index in [0.29, 0.717) is 18.9 Å². The Balaban J connectivity index is 3.85. The van der Waals surface area contributed by atoms with Gasteiger partial charge in [-0.1, -0.05) is 27.2 Å². The molecule has 4 heteroatoms. The second-order valence-electron chi connectivity index (χ2n) is 4.26. The van der Waals surface area contributed by atoms with E-state index < -0.39 is 18.1 Å². The largest absolute Gasteiger partial charge is 0.464 e. The molecule has 0 bridgehead atoms. The van der Waals surface area contributed by atoms with Crippen LogP contribution in [0, 0.1) is 5.92 Å². The average Bonchev–Trinajstić information content (AvgIpc) is 2.15. The molecule has 0 aliphatic rings. The van der Waals surface area contributed by atoms with Crippen LogP contribution in [0.1, 0.15) is 40.0 Å². The zero-order chi connectivity index (χ0) is 11.8. The third-order valence-corrected chi connectivity index (χ3v) is 2.13. The van der Waals surface area contributed by atoms with E-state index in [9.17, 15) is 9.90 Å². The first kappa shape index (κ1) is 14.4. The summed E-state index contributed by atoms with van der Waals surface area (Å²) in [5.74, 6) is -0.241. The minimum Gasteiger partial charge on any atom is -0.464 e. The van der Waals surface area contributed by atoms with Gasteiger partial charge in [0.2, 0.25) is 0 Å². The van der Waals surface area contributed by atoms with Crippen molar-refractivity contribution in [3.63, 3.8) is 0 Å². The smallest absolute Gasteiger partial charge is 0.336 e. The summed E-state index contributed by atoms with van der Waals surface area (Å²) < 4.78 is 4.88. The van der Waals surface area contributed by atoms with Crippen molar-refractivity contribution < 1.29 is 14.6 Å². The second kappa shape index (κ2) is 7.65. The van der Waals surface area contributed by atoms with Gasteiger partial charge in [-0.25, -0.2) is 4.79 Å². The molecule has 0 saturated heterocycles. The van der Waals surface area contributed by atoms with Crippen molar-refractivity contribution in [2.45, 2.75) is 52.2 Å². The SMILES string of the molecule is CCCCOC(=O)C(O)[C@@H](N)CC(C)C. The Hall–Kier alpha value is -0.610. The monoisotopic (exact) mass is 217 g/mol. The van der Waals surface area contributed by atoms with Crippen LogP contribution < -0.4 is 5.73 Å². The van der Waals surface area contributed by atoms with E-state index in [1.165, 1.54) is 0 Å². The lowest BCUT2D eigenvalue weighted by molar-refractivity contribution is -0.154. The van der Waals surface area contributed by atoms with Gasteiger partial charge < -0.3 is 15.6 Å². The fourth-order valence-corrected chi connectivity index (χ4v) is 1.25. The lowest BCUT2D eigenvalue weighted by Gasteiger charge is -2.19. The van der Waals surface area contributed by atoms with E-state index in [2.05, 4.69) is 0 Å². The van der Waals surface area contributed by atoms with Crippen LogP contribution in [-0.2, 0) is 9.53 Å². The van der Waals surface area contributed by atoms with Gasteiger partial charge >= 0.3 is 5.97 Å². The third kappa shape index (κ3) is 6.47. The van der Waals surface area contributed by atoms with E-state index in [4.69, 9.17) is 10.5 Å². The van der Waals surface area contributed by atoms with E-state index in [0.717, 1.165) is 12.8 Å². The third-order valence-electron chi connectivity index (χ3n) is 2.13. The molecule has 0 saturated carbocycles. The average molecular weight is 217 g/mol. The van der Waals surface area contributed by atoms with Crippen molar-refractivity contribution in [2.24, 2.45) is 11.7 Å². The molecule has 15 heavy (non-hydrogen) atoms. The highest BCUT2D eigenvalue weighted by Gasteiger charge is 2.24. The molecule has 4 nitrogen and oxygen atoms in total. The maximum Gasteiger partial charge on any atom is 0.336 e. The maximum atomic E-state index is 11.3. The van der Waals surface area contributed by atoms with Crippen molar-refractivity contribution >= 4 is 5.97 Å². The number of rotatable bonds is 7. The summed E-state index contributed by atoms with van der Waals surface area (Å²) in [6.07, 6.45) is 1.20. The second-order valence-corrected chi connectivity index (χ2v) is 4.26. The quantitative estimate of drug-likeness (QED) is 0.494. The molecule has 1 unspecified atom stereocenters. The van der Waals surface area contributed by atoms with Crippen molar-refractivity contribution in [3.8, 4) is 0 Å². The zero-order valence-electron chi connectivity index (χ0n) is 9.90. The molecule has 0 aliphatic carbocycles. The van der Waals surface area contributed by atoms with Crippen molar-refractivity contribution in [1.82, 2.24) is 0 Å². The fourth-order valence-electron chi connectivity index (χ4n) is 1.25. The molecule has 0 fully saturated rings. The van der Waals surface area contributed by atoms with Gasteiger partial charge in [0.25, 0.3) is 0 Å². The van der Waals surface area contributed by atoms with Crippen molar-refractivity contribution in [1.29, 1.82) is 0 Å². The topological polar surface area (TPSA) is 72.5 Å². The summed E-state index contributed by atoms with van der Waals surface area (Å²) in [5.41, 5.74) is 5.67. The molecule has 0 spiro atoms. The van der Waals surface area contributed by atoms with Crippen LogP contribution in [0.3, 0.4) is 0 Å². The normalized spacial score (nSPS) is 15.1. The summed E-state index contributed by atoms with van der Waals surface area (Å²) in [7, 11) is 0. The summed E-state index contributed by atoms with van der Waals surface area (Å²) in [4.78, 5) is 11.3. The Morgan fingerprint density at radius 2 is 2.07 bits per heavy atom. The van der Waals surface area contributed by atoms with Crippen LogP contribution in [0.2, 0.25) is 0 Å². The van der Waals surface area contributed by atoms with Crippen LogP contribution in [0.5, 0.6) is 0 Å². The first-order chi connectivity index (χ1) is 6.99. The molecule has 2 atom stereocenters. The number of carbonyl (C=O) groups is 1. The lowest BCUT2D eigenvalue weighted by Crippen LogP contribution is -2.42. The van der Waals surface area contributed by atoms with Crippen LogP contribution in [0.15, 0.2) is 0 Å². The van der Waals surface area contributed by atoms with Crippen molar-refractivity contribution in [2.75, 3.05) is 6.61 Å². The number of carbonyl (C=O) groups excluding carboxylic acids is 1. The minimum absolute atomic E-state index is 0.359. The van der Waals surface area contributed by atoms with E-state index in [1.807, 2.05) is 20.8 Å². The van der Waals surface area contributed by atoms with E-state index >= 15 is 0 Å². The molecule has 0 aliphatic heterocycles. The number of unbranched alkanes of at least 4 members (excludes halogenated alkanes) is 1. The number of esters is 1. The Morgan fingerprint density at radius 3 is 2.53 bits per heavy atom. The minimum atomic E-state index is -1.19. The Bertz CT molecular complexity index is 183. The predicted octanol–water partition coefficient (Wildman–Crippen LogP) is 1.06. The molecule has 0 aromatic rings. The lowest BCUT2D eigenvalue weighted by atomic mass is 10.0. The number of hydrogen-bond acceptors (Lipinski definition) is 4. The Morgan fingerprint density at radius 1 is 1.47 bits per heavy atom. The van der Waals surface area contributed by atoms with Gasteiger partial charge in [0.05, 0.1) is 6.61 Å². The first-order valence-electron chi connectivity index (χ1n) is 5.59. The van der Waals surface area contributed by atoms with Crippen LogP contribution in [0.4, 0.5) is 0 Å². The number of aliphatic hydroxyl groups is 1. The standard InChI is InChI=1S/C11H23NO3/c1-4-5-6-15-11(14)10(13)9(12)7-8(2)3/h8-10,13H,4-7,12H2,1-3H3/t9-,10?/m0/s1. The molecule has 0 heterocycles. The zero-order valence-corrected chi connectivity index (χ0v) is 9.90. The molecule has 90 valence electrons. The summed E-state index contributed by atoms with van der Waals surface area (Å²) >= 11 is 0. The van der Waals surface area contributed by atoms with E-state index in [-0.39, 0.29) is 0 Å². The van der Waals surface area contributed by atoms with E-state index in [1.54, 1.807) is 0 Å². The molecular weight excluding hydrogens is 194 g/mol. The van der Waals surface area contributed by atoms with Gasteiger partial charge in [0, 0.05) is 6.04 Å². The Kier molecular flexibility index (Phi) is 7.34. The molecule has 3 N–H and O–H groups in total. The number of nitrogens with two attached hydrogens (primary N) is 1. The van der Waals surface area contributed by atoms with Gasteiger partial charge in [0.1, 0.15) is 0 Å². The molecular formula is C11H23NO3. The highest BCUT2D eigenvalue weighted by molar-refractivity contribution is 5.75. The first-order valence-corrected chi connectivity index (χ1v) is 5.59. The molecule has 0 rings (SSSR count). The predicted molar refractivity (Wildman–Crippen MR) is 59.3 cm³/mol.